The fourth-order valence-electron chi connectivity index (χ4n) is 1.88. The highest BCUT2D eigenvalue weighted by Gasteiger charge is 2.12. The van der Waals surface area contributed by atoms with Crippen molar-refractivity contribution in [3.63, 3.8) is 0 Å². The number of aliphatic imine (C=N–C) groups is 1. The molecule has 0 aliphatic carbocycles. The number of rotatable bonds is 4. The fourth-order valence-corrected chi connectivity index (χ4v) is 3.65. The lowest BCUT2D eigenvalue weighted by atomic mass is 10.2. The van der Waals surface area contributed by atoms with E-state index in [0.29, 0.717) is 11.9 Å². The van der Waals surface area contributed by atoms with Crippen LogP contribution in [-0.2, 0) is 6.42 Å². The standard InChI is InChI=1S/C13H22N4S2.HI/c1-10(2)12-16-11(9-19-12)3-4-15-13(14)17-5-7-18-8-6-17;/h9-10H,3-8H2,1-2H3,(H2,14,15);1H. The number of nitrogens with zero attached hydrogens (tertiary/aromatic N) is 3. The van der Waals surface area contributed by atoms with Gasteiger partial charge in [0.1, 0.15) is 0 Å². The highest BCUT2D eigenvalue weighted by atomic mass is 127. The van der Waals surface area contributed by atoms with Crippen LogP contribution in [0.2, 0.25) is 0 Å². The predicted molar refractivity (Wildman–Crippen MR) is 101 cm³/mol. The topological polar surface area (TPSA) is 54.5 Å². The summed E-state index contributed by atoms with van der Waals surface area (Å²) in [6, 6.07) is 0. The molecule has 0 radical (unpaired) electrons. The van der Waals surface area contributed by atoms with Crippen molar-refractivity contribution in [2.45, 2.75) is 26.2 Å². The Bertz CT molecular complexity index is 428. The number of halogens is 1. The highest BCUT2D eigenvalue weighted by molar-refractivity contribution is 14.0. The number of hydrogen-bond donors (Lipinski definition) is 1. The van der Waals surface area contributed by atoms with Gasteiger partial charge in [-0.3, -0.25) is 4.99 Å². The van der Waals surface area contributed by atoms with E-state index < -0.39 is 0 Å². The molecule has 7 heteroatoms. The van der Waals surface area contributed by atoms with Gasteiger partial charge in [-0.2, -0.15) is 11.8 Å². The van der Waals surface area contributed by atoms with Crippen molar-refractivity contribution >= 4 is 53.0 Å². The van der Waals surface area contributed by atoms with E-state index in [0.717, 1.165) is 43.3 Å². The third-order valence-corrected chi connectivity index (χ3v) is 5.18. The molecule has 1 fully saturated rings. The number of hydrogen-bond acceptors (Lipinski definition) is 4. The van der Waals surface area contributed by atoms with E-state index in [4.69, 9.17) is 5.73 Å². The van der Waals surface area contributed by atoms with Gasteiger partial charge < -0.3 is 10.6 Å². The van der Waals surface area contributed by atoms with Crippen molar-refractivity contribution in [3.8, 4) is 0 Å². The van der Waals surface area contributed by atoms with E-state index in [1.807, 2.05) is 11.8 Å². The van der Waals surface area contributed by atoms with Crippen LogP contribution < -0.4 is 5.73 Å². The minimum Gasteiger partial charge on any atom is -0.370 e. The van der Waals surface area contributed by atoms with Gasteiger partial charge >= 0.3 is 0 Å². The van der Waals surface area contributed by atoms with E-state index in [2.05, 4.69) is 34.1 Å². The molecule has 2 heterocycles. The molecule has 2 N–H and O–H groups in total. The van der Waals surface area contributed by atoms with Crippen molar-refractivity contribution in [2.24, 2.45) is 10.7 Å². The van der Waals surface area contributed by atoms with E-state index in [9.17, 15) is 0 Å². The molecule has 0 bridgehead atoms. The summed E-state index contributed by atoms with van der Waals surface area (Å²) in [6.07, 6.45) is 0.881. The van der Waals surface area contributed by atoms with Crippen molar-refractivity contribution in [2.75, 3.05) is 31.1 Å². The van der Waals surface area contributed by atoms with Gasteiger partial charge in [-0.25, -0.2) is 4.98 Å². The lowest BCUT2D eigenvalue weighted by Crippen LogP contribution is -2.42. The highest BCUT2D eigenvalue weighted by Crippen LogP contribution is 2.19. The van der Waals surface area contributed by atoms with Gasteiger partial charge in [-0.1, -0.05) is 13.8 Å². The Morgan fingerprint density at radius 2 is 2.15 bits per heavy atom. The second-order valence-corrected chi connectivity index (χ2v) is 7.04. The fraction of sp³-hybridized carbons (Fsp3) is 0.692. The number of aromatic nitrogens is 1. The van der Waals surface area contributed by atoms with Gasteiger partial charge in [0.05, 0.1) is 10.7 Å². The maximum absolute atomic E-state index is 6.01. The van der Waals surface area contributed by atoms with Gasteiger partial charge in [-0.05, 0) is 0 Å². The molecule has 0 spiro atoms. The van der Waals surface area contributed by atoms with Crippen molar-refractivity contribution in [1.82, 2.24) is 9.88 Å². The van der Waals surface area contributed by atoms with E-state index in [1.165, 1.54) is 5.01 Å². The van der Waals surface area contributed by atoms with Gasteiger partial charge in [0.2, 0.25) is 0 Å². The molecule has 0 saturated carbocycles. The normalized spacial score (nSPS) is 16.4. The Hall–Kier alpha value is -0.0200. The van der Waals surface area contributed by atoms with Gasteiger partial charge in [0.25, 0.3) is 0 Å². The van der Waals surface area contributed by atoms with Gasteiger partial charge in [0.15, 0.2) is 5.96 Å². The minimum atomic E-state index is 0. The third-order valence-electron chi connectivity index (χ3n) is 3.04. The van der Waals surface area contributed by atoms with Crippen molar-refractivity contribution < 1.29 is 0 Å². The Morgan fingerprint density at radius 3 is 2.75 bits per heavy atom. The van der Waals surface area contributed by atoms with Crippen molar-refractivity contribution in [1.29, 1.82) is 0 Å². The molecule has 4 nitrogen and oxygen atoms in total. The number of thioether (sulfide) groups is 1. The zero-order chi connectivity index (χ0) is 13.7. The molecule has 0 unspecified atom stereocenters. The second kappa shape index (κ2) is 9.09. The first-order valence-electron chi connectivity index (χ1n) is 6.73. The Morgan fingerprint density at radius 1 is 1.45 bits per heavy atom. The first-order valence-corrected chi connectivity index (χ1v) is 8.77. The van der Waals surface area contributed by atoms with Gasteiger partial charge in [0, 0.05) is 48.9 Å². The van der Waals surface area contributed by atoms with Crippen LogP contribution in [0.4, 0.5) is 0 Å². The number of guanidine groups is 1. The second-order valence-electron chi connectivity index (χ2n) is 4.92. The number of nitrogens with two attached hydrogens (primary N) is 1. The molecular formula is C13H23IN4S2. The molecule has 20 heavy (non-hydrogen) atoms. The summed E-state index contributed by atoms with van der Waals surface area (Å²) >= 11 is 3.72. The van der Waals surface area contributed by atoms with Crippen LogP contribution in [0, 0.1) is 0 Å². The lowest BCUT2D eigenvalue weighted by molar-refractivity contribution is 0.456. The Balaban J connectivity index is 0.00000200. The molecule has 0 atom stereocenters. The van der Waals surface area contributed by atoms with E-state index >= 15 is 0 Å². The summed E-state index contributed by atoms with van der Waals surface area (Å²) in [6.45, 7) is 7.12. The molecule has 1 aromatic rings. The van der Waals surface area contributed by atoms with Crippen LogP contribution in [0.25, 0.3) is 0 Å². The summed E-state index contributed by atoms with van der Waals surface area (Å²) in [5.74, 6) is 3.51. The summed E-state index contributed by atoms with van der Waals surface area (Å²) in [4.78, 5) is 11.3. The number of thiazole rings is 1. The van der Waals surface area contributed by atoms with Crippen LogP contribution in [0.1, 0.15) is 30.5 Å². The largest absolute Gasteiger partial charge is 0.370 e. The average molecular weight is 426 g/mol. The zero-order valence-electron chi connectivity index (χ0n) is 12.0. The summed E-state index contributed by atoms with van der Waals surface area (Å²) < 4.78 is 0. The predicted octanol–water partition coefficient (Wildman–Crippen LogP) is 2.79. The first kappa shape index (κ1) is 18.0. The molecule has 0 amide bonds. The van der Waals surface area contributed by atoms with Crippen molar-refractivity contribution in [3.05, 3.63) is 16.1 Å². The lowest BCUT2D eigenvalue weighted by Gasteiger charge is -2.27. The maximum Gasteiger partial charge on any atom is 0.191 e. The van der Waals surface area contributed by atoms with Crippen LogP contribution in [0.15, 0.2) is 10.4 Å². The zero-order valence-corrected chi connectivity index (χ0v) is 16.0. The SMILES string of the molecule is CC(C)c1nc(CCN=C(N)N2CCSCC2)cs1.I. The van der Waals surface area contributed by atoms with Crippen LogP contribution in [0.5, 0.6) is 0 Å². The third kappa shape index (κ3) is 5.40. The van der Waals surface area contributed by atoms with Crippen LogP contribution >= 0.6 is 47.1 Å². The molecule has 2 rings (SSSR count). The maximum atomic E-state index is 6.01. The molecular weight excluding hydrogens is 403 g/mol. The Labute approximate surface area is 146 Å². The van der Waals surface area contributed by atoms with Gasteiger partial charge in [-0.15, -0.1) is 35.3 Å². The average Bonchev–Trinajstić information content (AvgIpc) is 2.89. The Kier molecular flexibility index (Phi) is 8.20. The molecule has 1 aromatic heterocycles. The molecule has 114 valence electrons. The summed E-state index contributed by atoms with van der Waals surface area (Å²) in [5, 5.41) is 3.35. The van der Waals surface area contributed by atoms with E-state index in [1.54, 1.807) is 11.3 Å². The van der Waals surface area contributed by atoms with E-state index in [-0.39, 0.29) is 24.0 Å². The smallest absolute Gasteiger partial charge is 0.191 e. The minimum absolute atomic E-state index is 0. The monoisotopic (exact) mass is 426 g/mol. The quantitative estimate of drug-likeness (QED) is 0.457. The van der Waals surface area contributed by atoms with Crippen LogP contribution in [-0.4, -0.2) is 47.0 Å². The molecule has 1 saturated heterocycles. The summed E-state index contributed by atoms with van der Waals surface area (Å²) in [7, 11) is 0. The molecule has 1 aliphatic rings. The summed E-state index contributed by atoms with van der Waals surface area (Å²) in [5.41, 5.74) is 7.15. The molecule has 0 aromatic carbocycles. The van der Waals surface area contributed by atoms with Crippen LogP contribution in [0.3, 0.4) is 0 Å². The first-order chi connectivity index (χ1) is 9.16. The molecule has 1 aliphatic heterocycles.